The predicted octanol–water partition coefficient (Wildman–Crippen LogP) is 0.688. The molecule has 0 saturated heterocycles. The van der Waals surface area contributed by atoms with Crippen molar-refractivity contribution in [1.29, 1.82) is 0 Å². The fourth-order valence-electron chi connectivity index (χ4n) is 0.964. The Morgan fingerprint density at radius 3 is 2.80 bits per heavy atom. The second-order valence-corrected chi connectivity index (χ2v) is 2.63. The van der Waals surface area contributed by atoms with E-state index in [1.165, 1.54) is 26.5 Å². The minimum atomic E-state index is -2.59. The van der Waals surface area contributed by atoms with Gasteiger partial charge in [0.25, 0.3) is 6.43 Å². The van der Waals surface area contributed by atoms with Crippen LogP contribution in [0.3, 0.4) is 0 Å². The van der Waals surface area contributed by atoms with E-state index in [2.05, 4.69) is 10.3 Å². The van der Waals surface area contributed by atoms with Gasteiger partial charge in [-0.1, -0.05) is 0 Å². The van der Waals surface area contributed by atoms with Crippen molar-refractivity contribution in [2.45, 2.75) is 12.5 Å². The average Bonchev–Trinajstić information content (AvgIpc) is 2.26. The number of aliphatic imine (C=N–C) groups is 1. The Morgan fingerprint density at radius 2 is 2.27 bits per heavy atom. The molecule has 0 radical (unpaired) electrons. The van der Waals surface area contributed by atoms with E-state index < -0.39 is 19.1 Å². The van der Waals surface area contributed by atoms with Crippen molar-refractivity contribution < 1.29 is 23.0 Å². The van der Waals surface area contributed by atoms with Crippen LogP contribution in [0.5, 0.6) is 0 Å². The lowest BCUT2D eigenvalue weighted by atomic mass is 10.5. The summed E-state index contributed by atoms with van der Waals surface area (Å²) in [5, 5.41) is 2.58. The molecular formula is C8H12F2N2O3. The van der Waals surface area contributed by atoms with E-state index in [4.69, 9.17) is 14.2 Å². The third-order valence-electron chi connectivity index (χ3n) is 1.65. The molecule has 0 spiro atoms. The third kappa shape index (κ3) is 3.14. The van der Waals surface area contributed by atoms with Crippen LogP contribution in [0.15, 0.2) is 17.0 Å². The van der Waals surface area contributed by atoms with E-state index in [0.717, 1.165) is 0 Å². The topological polar surface area (TPSA) is 52.1 Å². The highest BCUT2D eigenvalue weighted by molar-refractivity contribution is 5.72. The highest BCUT2D eigenvalue weighted by atomic mass is 19.3. The summed E-state index contributed by atoms with van der Waals surface area (Å²) in [6.45, 7) is -0.783. The summed E-state index contributed by atoms with van der Waals surface area (Å²) < 4.78 is 38.5. The Kier molecular flexibility index (Phi) is 3.98. The summed E-state index contributed by atoms with van der Waals surface area (Å²) in [6.07, 6.45) is 0.277. The maximum absolute atomic E-state index is 12.0. The van der Waals surface area contributed by atoms with E-state index >= 15 is 0 Å². The molecule has 5 nitrogen and oxygen atoms in total. The molecule has 0 fully saturated rings. The quantitative estimate of drug-likeness (QED) is 0.695. The molecule has 15 heavy (non-hydrogen) atoms. The van der Waals surface area contributed by atoms with Gasteiger partial charge in [0.05, 0.1) is 7.11 Å². The van der Waals surface area contributed by atoms with Crippen molar-refractivity contribution in [3.05, 3.63) is 12.0 Å². The highest BCUT2D eigenvalue weighted by Gasteiger charge is 2.34. The lowest BCUT2D eigenvalue weighted by Crippen LogP contribution is -2.49. The molecule has 1 unspecified atom stereocenters. The summed E-state index contributed by atoms with van der Waals surface area (Å²) in [4.78, 5) is 3.78. The summed E-state index contributed by atoms with van der Waals surface area (Å²) in [6, 6.07) is -1.63. The van der Waals surface area contributed by atoms with Gasteiger partial charge < -0.3 is 14.2 Å². The van der Waals surface area contributed by atoms with E-state index in [1.54, 1.807) is 0 Å². The molecule has 1 atom stereocenters. The Hall–Kier alpha value is -1.21. The second kappa shape index (κ2) is 5.04. The third-order valence-corrected chi connectivity index (χ3v) is 1.65. The highest BCUT2D eigenvalue weighted by Crippen LogP contribution is 2.16. The number of ether oxygens (including phenoxy) is 3. The Labute approximate surface area is 85.7 Å². The van der Waals surface area contributed by atoms with Crippen LogP contribution in [0.1, 0.15) is 0 Å². The minimum Gasteiger partial charge on any atom is -0.482 e. The average molecular weight is 222 g/mol. The number of allylic oxidation sites excluding steroid dienone is 1. The number of nitrogens with one attached hydrogen (secondary N) is 1. The molecule has 1 aliphatic heterocycles. The molecule has 86 valence electrons. The number of nitrogens with zero attached hydrogens (tertiary/aromatic N) is 1. The number of hydrogen-bond acceptors (Lipinski definition) is 5. The molecule has 0 amide bonds. The predicted molar refractivity (Wildman–Crippen MR) is 48.4 cm³/mol. The second-order valence-electron chi connectivity index (χ2n) is 2.63. The van der Waals surface area contributed by atoms with Gasteiger partial charge in [0.15, 0.2) is 5.88 Å². The zero-order chi connectivity index (χ0) is 11.3. The van der Waals surface area contributed by atoms with Crippen LogP contribution < -0.4 is 5.32 Å². The van der Waals surface area contributed by atoms with Crippen LogP contribution >= 0.6 is 0 Å². The first kappa shape index (κ1) is 11.9. The molecule has 7 heteroatoms. The number of alkyl halides is 2. The van der Waals surface area contributed by atoms with Gasteiger partial charge in [0.1, 0.15) is 6.61 Å². The van der Waals surface area contributed by atoms with Crippen LogP contribution in [0.4, 0.5) is 8.78 Å². The Balaban J connectivity index is 2.62. The molecule has 1 aliphatic rings. The molecule has 0 aromatic carbocycles. The molecule has 0 aromatic rings. The van der Waals surface area contributed by atoms with E-state index in [0.29, 0.717) is 5.88 Å². The largest absolute Gasteiger partial charge is 0.482 e. The smallest absolute Gasteiger partial charge is 0.360 e. The van der Waals surface area contributed by atoms with Crippen molar-refractivity contribution in [1.82, 2.24) is 5.32 Å². The SMILES string of the molecule is COC1=CC=NC(OC)(OCC(F)F)N1. The lowest BCUT2D eigenvalue weighted by molar-refractivity contribution is -0.249. The maximum Gasteiger partial charge on any atom is 0.360 e. The van der Waals surface area contributed by atoms with Gasteiger partial charge in [-0.2, -0.15) is 0 Å². The number of methoxy groups -OCH3 is 2. The van der Waals surface area contributed by atoms with Crippen LogP contribution in [0, 0.1) is 0 Å². The summed E-state index contributed by atoms with van der Waals surface area (Å²) in [5.74, 6) is 0.320. The van der Waals surface area contributed by atoms with Crippen molar-refractivity contribution >= 4 is 6.21 Å². The fraction of sp³-hybridized carbons (Fsp3) is 0.625. The van der Waals surface area contributed by atoms with Crippen molar-refractivity contribution in [3.8, 4) is 0 Å². The van der Waals surface area contributed by atoms with Crippen LogP contribution in [-0.2, 0) is 14.2 Å². The van der Waals surface area contributed by atoms with Gasteiger partial charge in [0, 0.05) is 19.4 Å². The van der Waals surface area contributed by atoms with Gasteiger partial charge in [-0.15, -0.1) is 0 Å². The van der Waals surface area contributed by atoms with Gasteiger partial charge in [-0.25, -0.2) is 13.8 Å². The number of rotatable bonds is 5. The molecule has 1 heterocycles. The van der Waals surface area contributed by atoms with Gasteiger partial charge >= 0.3 is 6.03 Å². The van der Waals surface area contributed by atoms with Crippen molar-refractivity contribution in [2.24, 2.45) is 4.99 Å². The molecule has 0 aliphatic carbocycles. The fourth-order valence-corrected chi connectivity index (χ4v) is 0.964. The first-order chi connectivity index (χ1) is 7.12. The summed E-state index contributed by atoms with van der Waals surface area (Å²) in [7, 11) is 2.71. The first-order valence-electron chi connectivity index (χ1n) is 4.17. The van der Waals surface area contributed by atoms with Crippen LogP contribution in [0.25, 0.3) is 0 Å². The van der Waals surface area contributed by atoms with Gasteiger partial charge in [-0.05, 0) is 0 Å². The molecule has 1 N–H and O–H groups in total. The van der Waals surface area contributed by atoms with Gasteiger partial charge in [-0.3, -0.25) is 5.32 Å². The molecule has 1 rings (SSSR count). The van der Waals surface area contributed by atoms with Crippen molar-refractivity contribution in [3.63, 3.8) is 0 Å². The van der Waals surface area contributed by atoms with Gasteiger partial charge in [0.2, 0.25) is 0 Å². The maximum atomic E-state index is 12.0. The summed E-state index contributed by atoms with van der Waals surface area (Å²) >= 11 is 0. The number of halogens is 2. The monoisotopic (exact) mass is 222 g/mol. The zero-order valence-electron chi connectivity index (χ0n) is 8.37. The molecular weight excluding hydrogens is 210 g/mol. The Bertz CT molecular complexity index is 271. The standard InChI is InChI=1S/C8H12F2N2O3/c1-13-7-3-4-11-8(12-7,14-2)15-5-6(9)10/h3-4,6,12H,5H2,1-2H3. The zero-order valence-corrected chi connectivity index (χ0v) is 8.37. The van der Waals surface area contributed by atoms with Crippen LogP contribution in [-0.4, -0.2) is 39.5 Å². The Morgan fingerprint density at radius 1 is 1.53 bits per heavy atom. The molecule has 0 saturated carbocycles. The van der Waals surface area contributed by atoms with E-state index in [1.807, 2.05) is 0 Å². The first-order valence-corrected chi connectivity index (χ1v) is 4.17. The van der Waals surface area contributed by atoms with E-state index in [-0.39, 0.29) is 0 Å². The van der Waals surface area contributed by atoms with Crippen LogP contribution in [0.2, 0.25) is 0 Å². The molecule has 0 aromatic heterocycles. The number of hydrogen-bond donors (Lipinski definition) is 1. The molecule has 0 bridgehead atoms. The minimum absolute atomic E-state index is 0.320. The van der Waals surface area contributed by atoms with Crippen molar-refractivity contribution in [2.75, 3.05) is 20.8 Å². The lowest BCUT2D eigenvalue weighted by Gasteiger charge is -2.31. The normalized spacial score (nSPS) is 25.0. The summed E-state index contributed by atoms with van der Waals surface area (Å²) in [5.41, 5.74) is 0. The van der Waals surface area contributed by atoms with E-state index in [9.17, 15) is 8.78 Å².